The molecule has 0 aliphatic carbocycles. The van der Waals surface area contributed by atoms with Crippen molar-refractivity contribution in [1.82, 2.24) is 15.4 Å². The molecular weight excluding hydrogens is 178 g/mol. The molecule has 0 fully saturated rings. The Morgan fingerprint density at radius 2 is 2.21 bits per heavy atom. The first-order valence-electron chi connectivity index (χ1n) is 4.73. The molecule has 0 aliphatic rings. The Hall–Kier alpha value is -1.42. The molecule has 1 amide bonds. The molecule has 1 rings (SSSR count). The highest BCUT2D eigenvalue weighted by atomic mass is 16.2. The molecule has 0 aliphatic heterocycles. The number of amides is 1. The highest BCUT2D eigenvalue weighted by molar-refractivity contribution is 5.93. The van der Waals surface area contributed by atoms with Crippen LogP contribution in [-0.2, 0) is 0 Å². The Morgan fingerprint density at radius 3 is 2.71 bits per heavy atom. The van der Waals surface area contributed by atoms with E-state index in [1.165, 1.54) is 0 Å². The van der Waals surface area contributed by atoms with Crippen LogP contribution in [-0.4, -0.2) is 29.0 Å². The first kappa shape index (κ1) is 10.7. The molecule has 1 aromatic heterocycles. The molecule has 1 heterocycles. The maximum Gasteiger partial charge on any atom is 0.267 e. The second-order valence-electron chi connectivity index (χ2n) is 2.85. The van der Waals surface area contributed by atoms with Crippen LogP contribution in [0.2, 0.25) is 0 Å². The zero-order valence-corrected chi connectivity index (χ0v) is 8.53. The number of aromatic nitrogens is 1. The van der Waals surface area contributed by atoms with Gasteiger partial charge < -0.3 is 0 Å². The van der Waals surface area contributed by atoms with Crippen LogP contribution in [0.1, 0.15) is 24.2 Å². The van der Waals surface area contributed by atoms with Gasteiger partial charge in [0.25, 0.3) is 5.91 Å². The second-order valence-corrected chi connectivity index (χ2v) is 2.85. The highest BCUT2D eigenvalue weighted by Gasteiger charge is 2.07. The third-order valence-electron chi connectivity index (χ3n) is 1.95. The molecule has 0 unspecified atom stereocenters. The Bertz CT molecular complexity index is 283. The second kappa shape index (κ2) is 5.34. The molecule has 4 nitrogen and oxygen atoms in total. The van der Waals surface area contributed by atoms with E-state index in [-0.39, 0.29) is 5.91 Å². The quantitative estimate of drug-likeness (QED) is 0.727. The molecule has 14 heavy (non-hydrogen) atoms. The molecule has 0 radical (unpaired) electrons. The van der Waals surface area contributed by atoms with E-state index in [0.29, 0.717) is 5.56 Å². The minimum absolute atomic E-state index is 0.109. The van der Waals surface area contributed by atoms with Gasteiger partial charge in [-0.15, -0.1) is 0 Å². The summed E-state index contributed by atoms with van der Waals surface area (Å²) < 4.78 is 0. The minimum Gasteiger partial charge on any atom is -0.285 e. The maximum absolute atomic E-state index is 11.6. The lowest BCUT2D eigenvalue weighted by molar-refractivity contribution is 0.0805. The Balaban J connectivity index is 2.59. The van der Waals surface area contributed by atoms with Crippen LogP contribution >= 0.6 is 0 Å². The van der Waals surface area contributed by atoms with Crippen LogP contribution < -0.4 is 5.43 Å². The van der Waals surface area contributed by atoms with Gasteiger partial charge in [0.2, 0.25) is 0 Å². The largest absolute Gasteiger partial charge is 0.285 e. The Morgan fingerprint density at radius 1 is 1.50 bits per heavy atom. The topological polar surface area (TPSA) is 45.2 Å². The average Bonchev–Trinajstić information content (AvgIpc) is 2.26. The van der Waals surface area contributed by atoms with Gasteiger partial charge in [-0.25, -0.2) is 5.01 Å². The van der Waals surface area contributed by atoms with Crippen molar-refractivity contribution in [3.05, 3.63) is 30.1 Å². The third kappa shape index (κ3) is 2.81. The first-order valence-corrected chi connectivity index (χ1v) is 4.73. The van der Waals surface area contributed by atoms with Crippen LogP contribution in [0.25, 0.3) is 0 Å². The van der Waals surface area contributed by atoms with Gasteiger partial charge in [-0.2, -0.15) is 0 Å². The lowest BCUT2D eigenvalue weighted by atomic mass is 10.3. The molecule has 1 aromatic rings. The predicted molar refractivity (Wildman–Crippen MR) is 54.6 cm³/mol. The molecule has 4 heteroatoms. The van der Waals surface area contributed by atoms with Gasteiger partial charge in [0.1, 0.15) is 0 Å². The summed E-state index contributed by atoms with van der Waals surface area (Å²) in [5.74, 6) is -0.109. The molecule has 0 saturated heterocycles. The number of carbonyl (C=O) groups excluding carboxylic acids is 1. The standard InChI is InChI=1S/C10H15N3O/c1-3-13(4-2)12-10(14)9-6-5-7-11-8-9/h5-8H,3-4H2,1-2H3,(H,12,14). The number of hydrogen-bond acceptors (Lipinski definition) is 3. The predicted octanol–water partition coefficient (Wildman–Crippen LogP) is 1.07. The van der Waals surface area contributed by atoms with E-state index in [2.05, 4.69) is 10.4 Å². The molecule has 0 aromatic carbocycles. The molecule has 0 saturated carbocycles. The van der Waals surface area contributed by atoms with Crippen molar-refractivity contribution >= 4 is 5.91 Å². The summed E-state index contributed by atoms with van der Waals surface area (Å²) >= 11 is 0. The average molecular weight is 193 g/mol. The lowest BCUT2D eigenvalue weighted by Crippen LogP contribution is -2.41. The van der Waals surface area contributed by atoms with Gasteiger partial charge >= 0.3 is 0 Å². The van der Waals surface area contributed by atoms with Crippen molar-refractivity contribution in [3.8, 4) is 0 Å². The van der Waals surface area contributed by atoms with Crippen molar-refractivity contribution in [3.63, 3.8) is 0 Å². The zero-order valence-electron chi connectivity index (χ0n) is 8.53. The van der Waals surface area contributed by atoms with Crippen molar-refractivity contribution in [2.45, 2.75) is 13.8 Å². The summed E-state index contributed by atoms with van der Waals surface area (Å²) in [6.45, 7) is 5.57. The Labute approximate surface area is 83.9 Å². The van der Waals surface area contributed by atoms with E-state index in [9.17, 15) is 4.79 Å². The van der Waals surface area contributed by atoms with E-state index in [4.69, 9.17) is 0 Å². The maximum atomic E-state index is 11.6. The number of nitrogens with zero attached hydrogens (tertiary/aromatic N) is 2. The first-order chi connectivity index (χ1) is 6.77. The van der Waals surface area contributed by atoms with E-state index in [1.54, 1.807) is 24.5 Å². The van der Waals surface area contributed by atoms with Crippen LogP contribution in [0, 0.1) is 0 Å². The van der Waals surface area contributed by atoms with Crippen LogP contribution in [0.4, 0.5) is 0 Å². The van der Waals surface area contributed by atoms with Crippen LogP contribution in [0.15, 0.2) is 24.5 Å². The number of hydrogen-bond donors (Lipinski definition) is 1. The van der Waals surface area contributed by atoms with E-state index in [0.717, 1.165) is 13.1 Å². The van der Waals surface area contributed by atoms with E-state index >= 15 is 0 Å². The molecule has 1 N–H and O–H groups in total. The van der Waals surface area contributed by atoms with E-state index < -0.39 is 0 Å². The SMILES string of the molecule is CCN(CC)NC(=O)c1cccnc1. The Kier molecular flexibility index (Phi) is 4.07. The van der Waals surface area contributed by atoms with Gasteiger partial charge in [0.15, 0.2) is 0 Å². The van der Waals surface area contributed by atoms with Crippen molar-refractivity contribution in [2.75, 3.05) is 13.1 Å². The summed E-state index contributed by atoms with van der Waals surface area (Å²) in [6, 6.07) is 3.49. The fourth-order valence-corrected chi connectivity index (χ4v) is 1.09. The van der Waals surface area contributed by atoms with Crippen LogP contribution in [0.5, 0.6) is 0 Å². The summed E-state index contributed by atoms with van der Waals surface area (Å²) in [4.78, 5) is 15.5. The summed E-state index contributed by atoms with van der Waals surface area (Å²) in [5.41, 5.74) is 3.37. The van der Waals surface area contributed by atoms with Crippen molar-refractivity contribution < 1.29 is 4.79 Å². The number of carbonyl (C=O) groups is 1. The van der Waals surface area contributed by atoms with Gasteiger partial charge in [-0.1, -0.05) is 13.8 Å². The summed E-state index contributed by atoms with van der Waals surface area (Å²) in [5, 5.41) is 1.84. The van der Waals surface area contributed by atoms with Crippen LogP contribution in [0.3, 0.4) is 0 Å². The molecule has 0 bridgehead atoms. The molecular formula is C10H15N3O. The highest BCUT2D eigenvalue weighted by Crippen LogP contribution is 1.95. The van der Waals surface area contributed by atoms with Crippen molar-refractivity contribution in [2.24, 2.45) is 0 Å². The molecule has 0 spiro atoms. The minimum atomic E-state index is -0.109. The number of pyridine rings is 1. The molecule has 0 atom stereocenters. The van der Waals surface area contributed by atoms with E-state index in [1.807, 2.05) is 18.9 Å². The number of rotatable bonds is 4. The zero-order chi connectivity index (χ0) is 10.4. The van der Waals surface area contributed by atoms with Gasteiger partial charge in [0.05, 0.1) is 5.56 Å². The lowest BCUT2D eigenvalue weighted by Gasteiger charge is -2.18. The number of nitrogens with one attached hydrogen (secondary N) is 1. The fourth-order valence-electron chi connectivity index (χ4n) is 1.09. The number of hydrazine groups is 1. The monoisotopic (exact) mass is 193 g/mol. The smallest absolute Gasteiger partial charge is 0.267 e. The van der Waals surface area contributed by atoms with Gasteiger partial charge in [-0.05, 0) is 12.1 Å². The van der Waals surface area contributed by atoms with Crippen molar-refractivity contribution in [1.29, 1.82) is 0 Å². The normalized spacial score (nSPS) is 10.2. The van der Waals surface area contributed by atoms with Gasteiger partial charge in [-0.3, -0.25) is 15.2 Å². The fraction of sp³-hybridized carbons (Fsp3) is 0.400. The molecule has 76 valence electrons. The summed E-state index contributed by atoms with van der Waals surface area (Å²) in [7, 11) is 0. The summed E-state index contributed by atoms with van der Waals surface area (Å²) in [6.07, 6.45) is 3.20. The van der Waals surface area contributed by atoms with Gasteiger partial charge in [0, 0.05) is 25.5 Å². The third-order valence-corrected chi connectivity index (χ3v) is 1.95.